The van der Waals surface area contributed by atoms with Crippen molar-refractivity contribution in [3.8, 4) is 0 Å². The van der Waals surface area contributed by atoms with Crippen LogP contribution in [0.15, 0.2) is 47.4 Å². The van der Waals surface area contributed by atoms with Gasteiger partial charge in [-0.15, -0.1) is 0 Å². The Morgan fingerprint density at radius 1 is 1.05 bits per heavy atom. The second-order valence-corrected chi connectivity index (χ2v) is 5.71. The third-order valence-corrected chi connectivity index (χ3v) is 3.97. The van der Waals surface area contributed by atoms with Gasteiger partial charge in [-0.3, -0.25) is 4.72 Å². The van der Waals surface area contributed by atoms with E-state index in [0.717, 1.165) is 6.07 Å². The lowest BCUT2D eigenvalue weighted by Gasteiger charge is -2.10. The maximum atomic E-state index is 13.1. The van der Waals surface area contributed by atoms with Crippen molar-refractivity contribution >= 4 is 21.7 Å². The van der Waals surface area contributed by atoms with Crippen LogP contribution in [0.4, 0.5) is 14.5 Å². The number of carbonyl (C=O) groups is 1. The van der Waals surface area contributed by atoms with E-state index in [0.29, 0.717) is 12.1 Å². The van der Waals surface area contributed by atoms with Crippen molar-refractivity contribution in [2.45, 2.75) is 4.90 Å². The molecule has 2 aromatic carbocycles. The summed E-state index contributed by atoms with van der Waals surface area (Å²) in [6, 6.07) is 7.40. The number of sulfonamides is 1. The molecule has 21 heavy (non-hydrogen) atoms. The molecule has 0 saturated carbocycles. The number of carboxylic acids is 1. The summed E-state index contributed by atoms with van der Waals surface area (Å²) in [5.41, 5.74) is -0.432. The molecule has 0 aliphatic heterocycles. The predicted octanol–water partition coefficient (Wildman–Crippen LogP) is 2.46. The van der Waals surface area contributed by atoms with Crippen LogP contribution >= 0.6 is 0 Å². The highest BCUT2D eigenvalue weighted by Crippen LogP contribution is 2.21. The Hall–Kier alpha value is -2.48. The van der Waals surface area contributed by atoms with E-state index in [2.05, 4.69) is 0 Å². The van der Waals surface area contributed by atoms with Crippen LogP contribution in [-0.2, 0) is 10.0 Å². The number of rotatable bonds is 4. The number of para-hydroxylation sites is 1. The summed E-state index contributed by atoms with van der Waals surface area (Å²) in [6.07, 6.45) is 0. The monoisotopic (exact) mass is 313 g/mol. The van der Waals surface area contributed by atoms with Gasteiger partial charge >= 0.3 is 5.97 Å². The molecule has 5 nitrogen and oxygen atoms in total. The van der Waals surface area contributed by atoms with E-state index in [1.807, 2.05) is 4.72 Å². The van der Waals surface area contributed by atoms with E-state index in [1.54, 1.807) is 0 Å². The van der Waals surface area contributed by atoms with Crippen LogP contribution < -0.4 is 4.72 Å². The number of carboxylic acid groups (broad SMARTS) is 1. The molecule has 0 radical (unpaired) electrons. The van der Waals surface area contributed by atoms with Gasteiger partial charge in [-0.1, -0.05) is 12.1 Å². The molecule has 0 fully saturated rings. The zero-order chi connectivity index (χ0) is 15.6. The summed E-state index contributed by atoms with van der Waals surface area (Å²) in [7, 11) is -4.23. The van der Waals surface area contributed by atoms with Gasteiger partial charge in [0.2, 0.25) is 0 Å². The van der Waals surface area contributed by atoms with Crippen molar-refractivity contribution < 1.29 is 27.1 Å². The largest absolute Gasteiger partial charge is 0.478 e. The topological polar surface area (TPSA) is 83.5 Å². The van der Waals surface area contributed by atoms with Crippen LogP contribution in [0.25, 0.3) is 0 Å². The SMILES string of the molecule is O=C(O)c1ccccc1NS(=O)(=O)c1ccc(F)c(F)c1. The number of anilines is 1. The minimum Gasteiger partial charge on any atom is -0.478 e. The van der Waals surface area contributed by atoms with E-state index in [-0.39, 0.29) is 11.3 Å². The molecule has 2 rings (SSSR count). The molecule has 0 atom stereocenters. The minimum atomic E-state index is -4.23. The summed E-state index contributed by atoms with van der Waals surface area (Å²) in [5, 5.41) is 8.97. The van der Waals surface area contributed by atoms with E-state index in [1.165, 1.54) is 24.3 Å². The lowest BCUT2D eigenvalue weighted by atomic mass is 10.2. The molecule has 0 aliphatic carbocycles. The standard InChI is InChI=1S/C13H9F2NO4S/c14-10-6-5-8(7-11(10)15)21(19,20)16-12-4-2-1-3-9(12)13(17)18/h1-7,16H,(H,17,18). The normalized spacial score (nSPS) is 11.1. The summed E-state index contributed by atoms with van der Waals surface area (Å²) in [5.74, 6) is -3.82. The molecule has 0 heterocycles. The first-order chi connectivity index (χ1) is 9.81. The van der Waals surface area contributed by atoms with Crippen molar-refractivity contribution in [2.75, 3.05) is 4.72 Å². The molecule has 0 saturated heterocycles. The van der Waals surface area contributed by atoms with E-state index in [4.69, 9.17) is 5.11 Å². The quantitative estimate of drug-likeness (QED) is 0.908. The van der Waals surface area contributed by atoms with Gasteiger partial charge in [0.15, 0.2) is 11.6 Å². The summed E-state index contributed by atoms with van der Waals surface area (Å²) < 4.78 is 52.0. The lowest BCUT2D eigenvalue weighted by molar-refractivity contribution is 0.0698. The van der Waals surface area contributed by atoms with E-state index >= 15 is 0 Å². The minimum absolute atomic E-state index is 0.172. The molecule has 0 bridgehead atoms. The predicted molar refractivity (Wildman–Crippen MR) is 70.6 cm³/mol. The number of hydrogen-bond donors (Lipinski definition) is 2. The maximum Gasteiger partial charge on any atom is 0.337 e. The highest BCUT2D eigenvalue weighted by atomic mass is 32.2. The molecule has 2 N–H and O–H groups in total. The van der Waals surface area contributed by atoms with Gasteiger partial charge in [0.05, 0.1) is 16.1 Å². The molecule has 8 heteroatoms. The first kappa shape index (κ1) is 14.9. The van der Waals surface area contributed by atoms with Gasteiger partial charge < -0.3 is 5.11 Å². The lowest BCUT2D eigenvalue weighted by Crippen LogP contribution is -2.15. The van der Waals surface area contributed by atoms with Gasteiger partial charge in [-0.25, -0.2) is 22.0 Å². The zero-order valence-electron chi connectivity index (χ0n) is 10.4. The first-order valence-corrected chi connectivity index (χ1v) is 7.10. The van der Waals surface area contributed by atoms with Gasteiger partial charge in [-0.2, -0.15) is 0 Å². The molecule has 110 valence electrons. The van der Waals surface area contributed by atoms with Crippen LogP contribution in [0.5, 0.6) is 0 Å². The highest BCUT2D eigenvalue weighted by molar-refractivity contribution is 7.92. The Kier molecular flexibility index (Phi) is 3.90. The fourth-order valence-corrected chi connectivity index (χ4v) is 2.70. The zero-order valence-corrected chi connectivity index (χ0v) is 11.2. The van der Waals surface area contributed by atoms with Gasteiger partial charge in [0.1, 0.15) is 0 Å². The summed E-state index contributed by atoms with van der Waals surface area (Å²) in [4.78, 5) is 10.5. The average Bonchev–Trinajstić information content (AvgIpc) is 2.41. The van der Waals surface area contributed by atoms with Crippen molar-refractivity contribution in [1.29, 1.82) is 0 Å². The summed E-state index contributed by atoms with van der Waals surface area (Å²) in [6.45, 7) is 0. The molecule has 0 spiro atoms. The fraction of sp³-hybridized carbons (Fsp3) is 0. The molecular formula is C13H9F2NO4S. The van der Waals surface area contributed by atoms with Crippen LogP contribution in [0.2, 0.25) is 0 Å². The Bertz CT molecular complexity index is 806. The van der Waals surface area contributed by atoms with E-state index < -0.39 is 32.5 Å². The van der Waals surface area contributed by atoms with Gasteiger partial charge in [0.25, 0.3) is 10.0 Å². The Balaban J connectivity index is 2.42. The average molecular weight is 313 g/mol. The fourth-order valence-electron chi connectivity index (χ4n) is 1.61. The first-order valence-electron chi connectivity index (χ1n) is 5.61. The molecule has 0 unspecified atom stereocenters. The number of hydrogen-bond acceptors (Lipinski definition) is 3. The molecular weight excluding hydrogens is 304 g/mol. The Labute approximate surface area is 118 Å². The molecule has 0 amide bonds. The van der Waals surface area contributed by atoms with Gasteiger partial charge in [0, 0.05) is 0 Å². The Morgan fingerprint density at radius 3 is 2.33 bits per heavy atom. The number of aromatic carboxylic acids is 1. The molecule has 0 aliphatic rings. The summed E-state index contributed by atoms with van der Waals surface area (Å²) >= 11 is 0. The Morgan fingerprint density at radius 2 is 1.71 bits per heavy atom. The van der Waals surface area contributed by atoms with Crippen LogP contribution in [0.1, 0.15) is 10.4 Å². The van der Waals surface area contributed by atoms with Crippen molar-refractivity contribution in [1.82, 2.24) is 0 Å². The van der Waals surface area contributed by atoms with Gasteiger partial charge in [-0.05, 0) is 30.3 Å². The van der Waals surface area contributed by atoms with Crippen LogP contribution in [0, 0.1) is 11.6 Å². The second kappa shape index (κ2) is 5.49. The number of nitrogens with one attached hydrogen (secondary N) is 1. The smallest absolute Gasteiger partial charge is 0.337 e. The van der Waals surface area contributed by atoms with Crippen LogP contribution in [0.3, 0.4) is 0 Å². The second-order valence-electron chi connectivity index (χ2n) is 4.03. The van der Waals surface area contributed by atoms with Crippen LogP contribution in [-0.4, -0.2) is 19.5 Å². The van der Waals surface area contributed by atoms with Crippen molar-refractivity contribution in [3.05, 3.63) is 59.7 Å². The molecule has 2 aromatic rings. The van der Waals surface area contributed by atoms with Crippen molar-refractivity contribution in [3.63, 3.8) is 0 Å². The van der Waals surface area contributed by atoms with Crippen molar-refractivity contribution in [2.24, 2.45) is 0 Å². The van der Waals surface area contributed by atoms with E-state index in [9.17, 15) is 22.0 Å². The number of benzene rings is 2. The maximum absolute atomic E-state index is 13.1. The third-order valence-electron chi connectivity index (χ3n) is 2.60. The third kappa shape index (κ3) is 3.16. The number of halogens is 2. The highest BCUT2D eigenvalue weighted by Gasteiger charge is 2.19. The molecule has 0 aromatic heterocycles.